The number of para-hydroxylation sites is 1. The average molecular weight is 276 g/mol. The van der Waals surface area contributed by atoms with Crippen molar-refractivity contribution in [3.8, 4) is 0 Å². The van der Waals surface area contributed by atoms with E-state index >= 15 is 0 Å². The van der Waals surface area contributed by atoms with Gasteiger partial charge in [-0.25, -0.2) is 4.79 Å². The molecule has 0 bridgehead atoms. The number of halogens is 1. The molecule has 1 aliphatic carbocycles. The van der Waals surface area contributed by atoms with Gasteiger partial charge >= 0.3 is 5.97 Å². The highest BCUT2D eigenvalue weighted by Crippen LogP contribution is 2.45. The molecule has 0 radical (unpaired) electrons. The number of carboxylic acids is 1. The zero-order valence-corrected chi connectivity index (χ0v) is 11.3. The fourth-order valence-corrected chi connectivity index (χ4v) is 2.83. The number of nitrogens with one attached hydrogen (secondary N) is 1. The van der Waals surface area contributed by atoms with Crippen molar-refractivity contribution in [3.63, 3.8) is 0 Å². The van der Waals surface area contributed by atoms with E-state index in [1.807, 2.05) is 25.1 Å². The second kappa shape index (κ2) is 4.42. The van der Waals surface area contributed by atoms with Crippen LogP contribution in [0.25, 0.3) is 16.5 Å². The van der Waals surface area contributed by atoms with Gasteiger partial charge in [0.25, 0.3) is 0 Å². The van der Waals surface area contributed by atoms with Gasteiger partial charge in [0.2, 0.25) is 0 Å². The summed E-state index contributed by atoms with van der Waals surface area (Å²) in [6.45, 7) is 1.96. The molecule has 1 fully saturated rings. The molecule has 1 aromatic heterocycles. The van der Waals surface area contributed by atoms with Gasteiger partial charge in [0.05, 0.1) is 10.5 Å². The molecule has 1 aromatic carbocycles. The molecule has 1 saturated carbocycles. The van der Waals surface area contributed by atoms with Crippen LogP contribution in [0.2, 0.25) is 5.02 Å². The molecule has 1 heterocycles. The molecule has 3 nitrogen and oxygen atoms in total. The second-order valence-corrected chi connectivity index (χ2v) is 5.41. The molecule has 0 atom stereocenters. The summed E-state index contributed by atoms with van der Waals surface area (Å²) in [6.07, 6.45) is 3.46. The van der Waals surface area contributed by atoms with E-state index in [0.29, 0.717) is 10.9 Å². The van der Waals surface area contributed by atoms with E-state index in [9.17, 15) is 4.79 Å². The lowest BCUT2D eigenvalue weighted by Gasteiger charge is -2.06. The van der Waals surface area contributed by atoms with Gasteiger partial charge in [-0.05, 0) is 37.3 Å². The highest BCUT2D eigenvalue weighted by Gasteiger charge is 2.30. The molecule has 0 saturated heterocycles. The summed E-state index contributed by atoms with van der Waals surface area (Å²) in [5.74, 6) is -0.523. The van der Waals surface area contributed by atoms with Gasteiger partial charge < -0.3 is 10.1 Å². The number of aromatic amines is 1. The highest BCUT2D eigenvalue weighted by molar-refractivity contribution is 6.35. The number of rotatable bonds is 3. The number of H-pyrrole nitrogens is 1. The fraction of sp³-hybridized carbons (Fsp3) is 0.267. The normalized spacial score (nSPS) is 16.0. The zero-order valence-electron chi connectivity index (χ0n) is 10.5. The number of carbonyl (C=O) groups is 1. The number of hydrogen-bond donors (Lipinski definition) is 2. The summed E-state index contributed by atoms with van der Waals surface area (Å²) in [4.78, 5) is 14.3. The number of carboxylic acid groups (broad SMARTS) is 1. The predicted octanol–water partition coefficient (Wildman–Crippen LogP) is 4.01. The first kappa shape index (κ1) is 12.3. The van der Waals surface area contributed by atoms with Gasteiger partial charge in [0.1, 0.15) is 0 Å². The molecule has 1 aliphatic rings. The van der Waals surface area contributed by atoms with Crippen LogP contribution in [0.15, 0.2) is 24.3 Å². The molecule has 0 unspecified atom stereocenters. The first-order valence-electron chi connectivity index (χ1n) is 6.29. The molecule has 0 spiro atoms. The number of aryl methyl sites for hydroxylation is 1. The molecule has 3 rings (SSSR count). The topological polar surface area (TPSA) is 53.1 Å². The number of aliphatic carboxylic acids is 1. The summed E-state index contributed by atoms with van der Waals surface area (Å²) in [5.41, 5.74) is 3.78. The van der Waals surface area contributed by atoms with Crippen molar-refractivity contribution >= 4 is 34.0 Å². The van der Waals surface area contributed by atoms with Crippen molar-refractivity contribution in [1.82, 2.24) is 4.98 Å². The van der Waals surface area contributed by atoms with Crippen LogP contribution in [0.5, 0.6) is 0 Å². The largest absolute Gasteiger partial charge is 0.478 e. The highest BCUT2D eigenvalue weighted by atomic mass is 35.5. The molecule has 2 N–H and O–H groups in total. The van der Waals surface area contributed by atoms with Gasteiger partial charge in [0, 0.05) is 22.7 Å². The Balaban J connectivity index is 2.26. The Kier molecular flexibility index (Phi) is 2.86. The van der Waals surface area contributed by atoms with Gasteiger partial charge in [-0.1, -0.05) is 23.7 Å². The Morgan fingerprint density at radius 1 is 1.47 bits per heavy atom. The van der Waals surface area contributed by atoms with Crippen LogP contribution < -0.4 is 0 Å². The quantitative estimate of drug-likeness (QED) is 0.832. The molecule has 2 aromatic rings. The Labute approximate surface area is 115 Å². The minimum absolute atomic E-state index is 0.368. The van der Waals surface area contributed by atoms with Crippen LogP contribution in [-0.4, -0.2) is 16.1 Å². The lowest BCUT2D eigenvalue weighted by molar-refractivity contribution is -0.131. The maximum Gasteiger partial charge on any atom is 0.328 e. The number of hydrogen-bond acceptors (Lipinski definition) is 1. The minimum atomic E-state index is -0.891. The summed E-state index contributed by atoms with van der Waals surface area (Å²) < 4.78 is 0. The molecular weight excluding hydrogens is 262 g/mol. The Hall–Kier alpha value is -1.74. The van der Waals surface area contributed by atoms with Crippen LogP contribution in [0, 0.1) is 12.8 Å². The Morgan fingerprint density at radius 2 is 2.21 bits per heavy atom. The fourth-order valence-electron chi connectivity index (χ4n) is 2.61. The lowest BCUT2D eigenvalue weighted by Crippen LogP contribution is -1.95. The molecule has 0 aliphatic heterocycles. The van der Waals surface area contributed by atoms with E-state index in [1.165, 1.54) is 6.08 Å². The van der Waals surface area contributed by atoms with E-state index < -0.39 is 5.97 Å². The van der Waals surface area contributed by atoms with Crippen LogP contribution >= 0.6 is 11.6 Å². The third kappa shape index (κ3) is 2.15. The summed E-state index contributed by atoms with van der Waals surface area (Å²) >= 11 is 6.18. The van der Waals surface area contributed by atoms with Crippen molar-refractivity contribution in [3.05, 3.63) is 40.6 Å². The molecule has 0 amide bonds. The van der Waals surface area contributed by atoms with E-state index in [-0.39, 0.29) is 0 Å². The Morgan fingerprint density at radius 3 is 2.84 bits per heavy atom. The van der Waals surface area contributed by atoms with E-state index in [2.05, 4.69) is 4.98 Å². The first-order chi connectivity index (χ1) is 9.08. The third-order valence-electron chi connectivity index (χ3n) is 3.56. The van der Waals surface area contributed by atoms with Gasteiger partial charge in [-0.15, -0.1) is 0 Å². The SMILES string of the molecule is Cc1[nH]c2c(Cl)cccc2c1/C(=C/C(=O)O)C1CC1. The molecule has 98 valence electrons. The van der Waals surface area contributed by atoms with Crippen LogP contribution in [0.4, 0.5) is 0 Å². The predicted molar refractivity (Wildman–Crippen MR) is 76.4 cm³/mol. The van der Waals surface area contributed by atoms with Crippen molar-refractivity contribution in [2.24, 2.45) is 5.92 Å². The van der Waals surface area contributed by atoms with E-state index in [1.54, 1.807) is 0 Å². The summed E-state index contributed by atoms with van der Waals surface area (Å²) in [7, 11) is 0. The molecule has 4 heteroatoms. The van der Waals surface area contributed by atoms with Gasteiger partial charge in [0.15, 0.2) is 0 Å². The van der Waals surface area contributed by atoms with Crippen molar-refractivity contribution in [1.29, 1.82) is 0 Å². The average Bonchev–Trinajstić information content (AvgIpc) is 3.11. The zero-order chi connectivity index (χ0) is 13.6. The minimum Gasteiger partial charge on any atom is -0.478 e. The van der Waals surface area contributed by atoms with Crippen LogP contribution in [0.3, 0.4) is 0 Å². The molecule has 19 heavy (non-hydrogen) atoms. The number of fused-ring (bicyclic) bond motifs is 1. The van der Waals surface area contributed by atoms with Crippen molar-refractivity contribution in [2.45, 2.75) is 19.8 Å². The maximum absolute atomic E-state index is 11.0. The summed E-state index contributed by atoms with van der Waals surface area (Å²) in [5, 5.41) is 10.7. The maximum atomic E-state index is 11.0. The third-order valence-corrected chi connectivity index (χ3v) is 3.87. The first-order valence-corrected chi connectivity index (χ1v) is 6.67. The number of allylic oxidation sites excluding steroid dienone is 1. The lowest BCUT2D eigenvalue weighted by atomic mass is 9.98. The van der Waals surface area contributed by atoms with Gasteiger partial charge in [-0.2, -0.15) is 0 Å². The van der Waals surface area contributed by atoms with E-state index in [0.717, 1.165) is 40.6 Å². The van der Waals surface area contributed by atoms with Crippen LogP contribution in [-0.2, 0) is 4.79 Å². The smallest absolute Gasteiger partial charge is 0.328 e. The van der Waals surface area contributed by atoms with Crippen molar-refractivity contribution in [2.75, 3.05) is 0 Å². The van der Waals surface area contributed by atoms with Crippen molar-refractivity contribution < 1.29 is 9.90 Å². The Bertz CT molecular complexity index is 695. The molecular formula is C15H14ClNO2. The number of aromatic nitrogens is 1. The monoisotopic (exact) mass is 275 g/mol. The van der Waals surface area contributed by atoms with Crippen LogP contribution in [0.1, 0.15) is 24.1 Å². The van der Waals surface area contributed by atoms with Gasteiger partial charge in [-0.3, -0.25) is 0 Å². The number of benzene rings is 1. The van der Waals surface area contributed by atoms with E-state index in [4.69, 9.17) is 16.7 Å². The summed E-state index contributed by atoms with van der Waals surface area (Å²) in [6, 6.07) is 5.71. The standard InChI is InChI=1S/C15H14ClNO2/c1-8-14(11(7-13(18)19)9-5-6-9)10-3-2-4-12(16)15(10)17-8/h2-4,7,9,17H,5-6H2,1H3,(H,18,19)/b11-7+. The second-order valence-electron chi connectivity index (χ2n) is 5.00.